The van der Waals surface area contributed by atoms with E-state index in [2.05, 4.69) is 22.6 Å². The molecule has 1 heterocycles. The second-order valence-corrected chi connectivity index (χ2v) is 2.37. The SMILES string of the molecule is Cc1cc(Cl)nc([S-])n1. The van der Waals surface area contributed by atoms with Gasteiger partial charge in [0.1, 0.15) is 5.15 Å². The zero-order chi connectivity index (χ0) is 6.85. The Kier molecular flexibility index (Phi) is 1.83. The van der Waals surface area contributed by atoms with Gasteiger partial charge in [-0.2, -0.15) is 0 Å². The lowest BCUT2D eigenvalue weighted by Gasteiger charge is -2.02. The quantitative estimate of drug-likeness (QED) is 0.325. The smallest absolute Gasteiger partial charge is 0.130 e. The van der Waals surface area contributed by atoms with Crippen molar-refractivity contribution in [3.63, 3.8) is 0 Å². The van der Waals surface area contributed by atoms with Gasteiger partial charge < -0.3 is 12.6 Å². The van der Waals surface area contributed by atoms with Crippen molar-refractivity contribution < 1.29 is 0 Å². The van der Waals surface area contributed by atoms with Crippen molar-refractivity contribution >= 4 is 24.2 Å². The van der Waals surface area contributed by atoms with Crippen LogP contribution in [0.4, 0.5) is 0 Å². The number of rotatable bonds is 0. The normalized spacial score (nSPS) is 9.56. The molecule has 0 bridgehead atoms. The first-order chi connectivity index (χ1) is 4.18. The van der Waals surface area contributed by atoms with Gasteiger partial charge in [-0.05, 0) is 13.0 Å². The van der Waals surface area contributed by atoms with Crippen molar-refractivity contribution in [1.29, 1.82) is 0 Å². The van der Waals surface area contributed by atoms with Gasteiger partial charge in [0.2, 0.25) is 0 Å². The summed E-state index contributed by atoms with van der Waals surface area (Å²) in [6.07, 6.45) is 0. The predicted molar refractivity (Wildman–Crippen MR) is 37.4 cm³/mol. The summed E-state index contributed by atoms with van der Waals surface area (Å²) in [7, 11) is 0. The molecule has 0 fully saturated rings. The number of aromatic nitrogens is 2. The Balaban J connectivity index is 3.17. The van der Waals surface area contributed by atoms with Crippen LogP contribution in [-0.4, -0.2) is 9.97 Å². The molecule has 0 aromatic carbocycles. The third-order valence-electron chi connectivity index (χ3n) is 0.802. The van der Waals surface area contributed by atoms with Gasteiger partial charge in [-0.15, -0.1) is 0 Å². The van der Waals surface area contributed by atoms with Gasteiger partial charge in [-0.3, -0.25) is 4.98 Å². The summed E-state index contributed by atoms with van der Waals surface area (Å²) in [5.74, 6) is 0. The molecule has 48 valence electrons. The fourth-order valence-electron chi connectivity index (χ4n) is 0.504. The maximum absolute atomic E-state index is 5.53. The average molecular weight is 160 g/mol. The van der Waals surface area contributed by atoms with E-state index >= 15 is 0 Å². The second kappa shape index (κ2) is 2.45. The standard InChI is InChI=1S/C5H5ClN2S/c1-3-2-4(6)8-5(9)7-3/h2H,1H3,(H,7,8,9)/p-1. The van der Waals surface area contributed by atoms with Crippen molar-refractivity contribution in [2.75, 3.05) is 0 Å². The third kappa shape index (κ3) is 1.77. The molecule has 1 aromatic rings. The Morgan fingerprint density at radius 2 is 2.22 bits per heavy atom. The first-order valence-corrected chi connectivity index (χ1v) is 3.15. The van der Waals surface area contributed by atoms with E-state index in [1.54, 1.807) is 6.07 Å². The highest BCUT2D eigenvalue weighted by molar-refractivity contribution is 7.58. The van der Waals surface area contributed by atoms with Crippen LogP contribution in [0.5, 0.6) is 0 Å². The Hall–Kier alpha value is -0.410. The molecule has 0 N–H and O–H groups in total. The van der Waals surface area contributed by atoms with Crippen LogP contribution in [0, 0.1) is 6.92 Å². The molecule has 0 aliphatic rings. The molecule has 0 unspecified atom stereocenters. The summed E-state index contributed by atoms with van der Waals surface area (Å²) < 4.78 is 0. The summed E-state index contributed by atoms with van der Waals surface area (Å²) in [6.45, 7) is 1.82. The zero-order valence-corrected chi connectivity index (χ0v) is 6.33. The van der Waals surface area contributed by atoms with Crippen LogP contribution in [0.15, 0.2) is 11.2 Å². The van der Waals surface area contributed by atoms with Gasteiger partial charge in [0.05, 0.1) is 0 Å². The first kappa shape index (κ1) is 6.71. The Bertz CT molecular complexity index is 176. The molecule has 4 heteroatoms. The summed E-state index contributed by atoms with van der Waals surface area (Å²) in [5, 5.41) is 0.715. The lowest BCUT2D eigenvalue weighted by molar-refractivity contribution is 0.938. The minimum absolute atomic E-state index is 0.306. The van der Waals surface area contributed by atoms with E-state index in [4.69, 9.17) is 11.6 Å². The highest BCUT2D eigenvalue weighted by Crippen LogP contribution is 2.04. The maximum Gasteiger partial charge on any atom is 0.130 e. The topological polar surface area (TPSA) is 25.8 Å². The minimum atomic E-state index is 0.306. The van der Waals surface area contributed by atoms with E-state index in [1.165, 1.54) is 0 Å². The van der Waals surface area contributed by atoms with Gasteiger partial charge in [-0.25, -0.2) is 4.98 Å². The van der Waals surface area contributed by atoms with E-state index in [-0.39, 0.29) is 0 Å². The fraction of sp³-hybridized carbons (Fsp3) is 0.200. The molecule has 0 radical (unpaired) electrons. The molecular formula is C5H4ClN2S-. The van der Waals surface area contributed by atoms with Crippen LogP contribution in [-0.2, 0) is 12.6 Å². The number of nitrogens with zero attached hydrogens (tertiary/aromatic N) is 2. The molecule has 0 aliphatic carbocycles. The van der Waals surface area contributed by atoms with Crippen molar-refractivity contribution in [2.24, 2.45) is 0 Å². The summed E-state index contributed by atoms with van der Waals surface area (Å²) >= 11 is 10.2. The molecule has 0 aliphatic heterocycles. The maximum atomic E-state index is 5.53. The van der Waals surface area contributed by atoms with Gasteiger partial charge in [0.25, 0.3) is 0 Å². The zero-order valence-electron chi connectivity index (χ0n) is 4.76. The highest BCUT2D eigenvalue weighted by atomic mass is 35.5. The minimum Gasteiger partial charge on any atom is -0.740 e. The van der Waals surface area contributed by atoms with E-state index in [1.807, 2.05) is 6.92 Å². The van der Waals surface area contributed by atoms with E-state index in [0.717, 1.165) is 5.69 Å². The molecule has 0 atom stereocenters. The van der Waals surface area contributed by atoms with Crippen molar-refractivity contribution in [2.45, 2.75) is 12.1 Å². The van der Waals surface area contributed by atoms with Gasteiger partial charge >= 0.3 is 0 Å². The highest BCUT2D eigenvalue weighted by Gasteiger charge is 1.87. The number of aryl methyl sites for hydroxylation is 1. The number of hydrogen-bond acceptors (Lipinski definition) is 3. The van der Waals surface area contributed by atoms with Gasteiger partial charge in [-0.1, -0.05) is 11.6 Å². The molecule has 1 aromatic heterocycles. The van der Waals surface area contributed by atoms with Crippen molar-refractivity contribution in [3.05, 3.63) is 16.9 Å². The lowest BCUT2D eigenvalue weighted by atomic mass is 10.5. The number of hydrogen-bond donors (Lipinski definition) is 0. The largest absolute Gasteiger partial charge is 0.740 e. The summed E-state index contributed by atoms with van der Waals surface area (Å²) in [4.78, 5) is 7.56. The van der Waals surface area contributed by atoms with Crippen LogP contribution >= 0.6 is 11.6 Å². The molecule has 0 saturated heterocycles. The van der Waals surface area contributed by atoms with E-state index < -0.39 is 0 Å². The van der Waals surface area contributed by atoms with Crippen LogP contribution in [0.1, 0.15) is 5.69 Å². The molecule has 0 amide bonds. The molecule has 0 saturated carbocycles. The summed E-state index contributed by atoms with van der Waals surface area (Å²) in [6, 6.07) is 1.66. The summed E-state index contributed by atoms with van der Waals surface area (Å²) in [5.41, 5.74) is 0.806. The molecule has 9 heavy (non-hydrogen) atoms. The number of halogens is 1. The lowest BCUT2D eigenvalue weighted by Crippen LogP contribution is -1.88. The van der Waals surface area contributed by atoms with Gasteiger partial charge in [0.15, 0.2) is 0 Å². The van der Waals surface area contributed by atoms with Gasteiger partial charge in [0, 0.05) is 10.9 Å². The van der Waals surface area contributed by atoms with E-state index in [9.17, 15) is 0 Å². The van der Waals surface area contributed by atoms with Crippen LogP contribution in [0.3, 0.4) is 0 Å². The van der Waals surface area contributed by atoms with Crippen LogP contribution < -0.4 is 0 Å². The molecule has 2 nitrogen and oxygen atoms in total. The van der Waals surface area contributed by atoms with Crippen LogP contribution in [0.2, 0.25) is 5.15 Å². The van der Waals surface area contributed by atoms with Crippen molar-refractivity contribution in [3.8, 4) is 0 Å². The second-order valence-electron chi connectivity index (χ2n) is 1.61. The Morgan fingerprint density at radius 1 is 1.56 bits per heavy atom. The van der Waals surface area contributed by atoms with Crippen LogP contribution in [0.25, 0.3) is 0 Å². The third-order valence-corrected chi connectivity index (χ3v) is 1.18. The molecule has 0 spiro atoms. The molecule has 1 rings (SSSR count). The fourth-order valence-corrected chi connectivity index (χ4v) is 1.03. The Labute approximate surface area is 63.7 Å². The monoisotopic (exact) mass is 159 g/mol. The van der Waals surface area contributed by atoms with Crippen molar-refractivity contribution in [1.82, 2.24) is 9.97 Å². The first-order valence-electron chi connectivity index (χ1n) is 2.36. The predicted octanol–water partition coefficient (Wildman–Crippen LogP) is 1.34. The Morgan fingerprint density at radius 3 is 2.67 bits per heavy atom. The average Bonchev–Trinajstić information content (AvgIpc) is 1.59. The van der Waals surface area contributed by atoms with E-state index in [0.29, 0.717) is 10.3 Å². The molecular weight excluding hydrogens is 156 g/mol.